The van der Waals surface area contributed by atoms with E-state index in [0.29, 0.717) is 24.0 Å². The molecule has 31 heavy (non-hydrogen) atoms. The van der Waals surface area contributed by atoms with E-state index >= 15 is 0 Å². The van der Waals surface area contributed by atoms with E-state index in [1.807, 2.05) is 14.1 Å². The van der Waals surface area contributed by atoms with Gasteiger partial charge in [-0.3, -0.25) is 4.79 Å². The van der Waals surface area contributed by atoms with Crippen LogP contribution < -0.4 is 10.4 Å². The molecule has 1 amide bonds. The molecule has 0 spiro atoms. The molecule has 0 rings (SSSR count). The van der Waals surface area contributed by atoms with Crippen LogP contribution in [0.1, 0.15) is 122 Å². The van der Waals surface area contributed by atoms with E-state index in [9.17, 15) is 14.7 Å². The van der Waals surface area contributed by atoms with E-state index in [2.05, 4.69) is 12.2 Å². The molecule has 0 fully saturated rings. The second-order valence-electron chi connectivity index (χ2n) is 9.95. The molecule has 1 N–H and O–H groups in total. The Bertz CT molecular complexity index is 438. The lowest BCUT2D eigenvalue weighted by Crippen LogP contribution is -2.49. The molecular weight excluding hydrogens is 388 g/mol. The van der Waals surface area contributed by atoms with Crippen molar-refractivity contribution in [3.05, 3.63) is 0 Å². The van der Waals surface area contributed by atoms with Crippen LogP contribution in [0.4, 0.5) is 0 Å². The van der Waals surface area contributed by atoms with Gasteiger partial charge in [-0.2, -0.15) is 0 Å². The lowest BCUT2D eigenvalue weighted by molar-refractivity contribution is -0.884. The van der Waals surface area contributed by atoms with Gasteiger partial charge in [0.1, 0.15) is 6.54 Å². The summed E-state index contributed by atoms with van der Waals surface area (Å²) in [6.45, 7) is 3.61. The first-order valence-electron chi connectivity index (χ1n) is 13.2. The fraction of sp³-hybridized carbons (Fsp3) is 0.923. The average Bonchev–Trinajstić information content (AvgIpc) is 2.70. The Morgan fingerprint density at radius 3 is 1.52 bits per heavy atom. The van der Waals surface area contributed by atoms with Crippen molar-refractivity contribution in [1.82, 2.24) is 5.32 Å². The smallest absolute Gasteiger partial charge is 0.219 e. The second kappa shape index (κ2) is 20.8. The number of nitrogens with zero attached hydrogens (tertiary/aromatic N) is 1. The number of hydrogen-bond donors (Lipinski definition) is 1. The van der Waals surface area contributed by atoms with E-state index < -0.39 is 5.97 Å². The average molecular weight is 441 g/mol. The second-order valence-corrected chi connectivity index (χ2v) is 9.95. The SMILES string of the molecule is CCCCCCCCCCCCCCCCCCC(=O)NCCC[N+](C)(C)CC(=O)[O-]. The highest BCUT2D eigenvalue weighted by Crippen LogP contribution is 2.14. The summed E-state index contributed by atoms with van der Waals surface area (Å²) < 4.78 is 0.386. The van der Waals surface area contributed by atoms with Crippen molar-refractivity contribution < 1.29 is 19.2 Å². The van der Waals surface area contributed by atoms with Crippen LogP contribution in [0.15, 0.2) is 0 Å². The van der Waals surface area contributed by atoms with Gasteiger partial charge in [0.25, 0.3) is 0 Å². The van der Waals surface area contributed by atoms with Crippen LogP contribution in [0.25, 0.3) is 0 Å². The maximum atomic E-state index is 11.9. The minimum absolute atomic E-state index is 0.00708. The van der Waals surface area contributed by atoms with E-state index in [1.165, 1.54) is 89.9 Å². The molecule has 184 valence electrons. The largest absolute Gasteiger partial charge is 0.544 e. The molecular formula is C26H52N2O3. The highest BCUT2D eigenvalue weighted by atomic mass is 16.4. The molecule has 5 heteroatoms. The fourth-order valence-corrected chi connectivity index (χ4v) is 4.09. The molecule has 0 radical (unpaired) electrons. The Labute approximate surface area is 192 Å². The maximum absolute atomic E-state index is 11.9. The molecule has 0 aliphatic heterocycles. The zero-order valence-corrected chi connectivity index (χ0v) is 21.0. The maximum Gasteiger partial charge on any atom is 0.219 e. The lowest BCUT2D eigenvalue weighted by Gasteiger charge is -2.30. The molecule has 0 aliphatic rings. The zero-order chi connectivity index (χ0) is 23.2. The van der Waals surface area contributed by atoms with Crippen LogP contribution in [0.2, 0.25) is 0 Å². The third kappa shape index (κ3) is 23.4. The summed E-state index contributed by atoms with van der Waals surface area (Å²) in [7, 11) is 3.74. The third-order valence-corrected chi connectivity index (χ3v) is 6.08. The topological polar surface area (TPSA) is 69.2 Å². The molecule has 0 aromatic rings. The molecule has 0 atom stereocenters. The van der Waals surface area contributed by atoms with Crippen molar-refractivity contribution in [3.8, 4) is 0 Å². The van der Waals surface area contributed by atoms with E-state index in [4.69, 9.17) is 0 Å². The van der Waals surface area contributed by atoms with Crippen molar-refractivity contribution in [2.45, 2.75) is 122 Å². The molecule has 0 saturated heterocycles. The number of carboxylic acid groups (broad SMARTS) is 1. The highest BCUT2D eigenvalue weighted by molar-refractivity contribution is 5.75. The quantitative estimate of drug-likeness (QED) is 0.180. The van der Waals surface area contributed by atoms with Crippen LogP contribution in [0, 0.1) is 0 Å². The first kappa shape index (κ1) is 29.9. The van der Waals surface area contributed by atoms with Gasteiger partial charge in [0, 0.05) is 19.4 Å². The number of quaternary nitrogens is 1. The third-order valence-electron chi connectivity index (χ3n) is 6.08. The van der Waals surface area contributed by atoms with Crippen LogP contribution in [-0.2, 0) is 9.59 Å². The minimum atomic E-state index is -1.03. The Kier molecular flexibility index (Phi) is 20.0. The number of nitrogens with one attached hydrogen (secondary N) is 1. The summed E-state index contributed by atoms with van der Waals surface area (Å²) in [4.78, 5) is 22.6. The van der Waals surface area contributed by atoms with Gasteiger partial charge < -0.3 is 19.7 Å². The predicted molar refractivity (Wildman–Crippen MR) is 129 cm³/mol. The van der Waals surface area contributed by atoms with Crippen LogP contribution in [-0.4, -0.2) is 50.1 Å². The number of amides is 1. The van der Waals surface area contributed by atoms with E-state index in [1.54, 1.807) is 0 Å². The molecule has 0 bridgehead atoms. The zero-order valence-electron chi connectivity index (χ0n) is 21.0. The number of hydrogen-bond acceptors (Lipinski definition) is 3. The van der Waals surface area contributed by atoms with Crippen molar-refractivity contribution >= 4 is 11.9 Å². The lowest BCUT2D eigenvalue weighted by atomic mass is 10.0. The van der Waals surface area contributed by atoms with Gasteiger partial charge in [-0.25, -0.2) is 0 Å². The summed E-state index contributed by atoms with van der Waals surface area (Å²) in [5.41, 5.74) is 0. The van der Waals surface area contributed by atoms with Gasteiger partial charge in [0.2, 0.25) is 5.91 Å². The van der Waals surface area contributed by atoms with Crippen LogP contribution >= 0.6 is 0 Å². The number of carboxylic acids is 1. The van der Waals surface area contributed by atoms with E-state index in [-0.39, 0.29) is 12.5 Å². The molecule has 0 aromatic heterocycles. The number of carbonyl (C=O) groups excluding carboxylic acids is 2. The van der Waals surface area contributed by atoms with Crippen molar-refractivity contribution in [3.63, 3.8) is 0 Å². The first-order chi connectivity index (χ1) is 14.9. The van der Waals surface area contributed by atoms with Gasteiger partial charge in [-0.05, 0) is 6.42 Å². The molecule has 0 aromatic carbocycles. The van der Waals surface area contributed by atoms with Gasteiger partial charge in [0.15, 0.2) is 0 Å². The van der Waals surface area contributed by atoms with Crippen molar-refractivity contribution in [2.75, 3.05) is 33.7 Å². The Morgan fingerprint density at radius 2 is 1.10 bits per heavy atom. The molecule has 0 aliphatic carbocycles. The predicted octanol–water partition coefficient (Wildman–Crippen LogP) is 4.97. The standard InChI is InChI=1S/C26H52N2O3/c1-4-5-6-7-8-9-10-11-12-13-14-15-16-17-18-19-21-25(29)27-22-20-23-28(2,3)24-26(30)31/h4-24H2,1-3H3,(H-,27,29,30,31). The Balaban J connectivity index is 3.29. The number of carbonyl (C=O) groups is 2. The summed E-state index contributed by atoms with van der Waals surface area (Å²) >= 11 is 0. The fourth-order valence-electron chi connectivity index (χ4n) is 4.09. The van der Waals surface area contributed by atoms with Crippen molar-refractivity contribution in [1.29, 1.82) is 0 Å². The summed E-state index contributed by atoms with van der Waals surface area (Å²) in [6, 6.07) is 0. The van der Waals surface area contributed by atoms with Gasteiger partial charge in [-0.15, -0.1) is 0 Å². The first-order valence-corrected chi connectivity index (χ1v) is 13.2. The van der Waals surface area contributed by atoms with Crippen LogP contribution in [0.3, 0.4) is 0 Å². The summed E-state index contributed by atoms with van der Waals surface area (Å²) in [6.07, 6.45) is 22.8. The van der Waals surface area contributed by atoms with Crippen molar-refractivity contribution in [2.24, 2.45) is 0 Å². The van der Waals surface area contributed by atoms with Crippen LogP contribution in [0.5, 0.6) is 0 Å². The molecule has 0 saturated carbocycles. The van der Waals surface area contributed by atoms with Gasteiger partial charge in [0.05, 0.1) is 26.6 Å². The minimum Gasteiger partial charge on any atom is -0.544 e. The Hall–Kier alpha value is -1.10. The molecule has 0 unspecified atom stereocenters. The molecule has 0 heterocycles. The summed E-state index contributed by atoms with van der Waals surface area (Å²) in [5.74, 6) is -0.909. The number of aliphatic carboxylic acids is 1. The number of unbranched alkanes of at least 4 members (excludes halogenated alkanes) is 15. The number of likely N-dealkylation sites (N-methyl/N-ethyl adjacent to an activating group) is 1. The Morgan fingerprint density at radius 1 is 0.677 bits per heavy atom. The highest BCUT2D eigenvalue weighted by Gasteiger charge is 2.14. The number of rotatable bonds is 23. The van der Waals surface area contributed by atoms with E-state index in [0.717, 1.165) is 19.3 Å². The van der Waals surface area contributed by atoms with Gasteiger partial charge >= 0.3 is 0 Å². The summed E-state index contributed by atoms with van der Waals surface area (Å²) in [5, 5.41) is 13.6. The monoisotopic (exact) mass is 440 g/mol. The van der Waals surface area contributed by atoms with Gasteiger partial charge in [-0.1, -0.05) is 103 Å². The normalized spacial score (nSPS) is 11.6. The molecule has 5 nitrogen and oxygen atoms in total.